The summed E-state index contributed by atoms with van der Waals surface area (Å²) in [6, 6.07) is 7.94. The summed E-state index contributed by atoms with van der Waals surface area (Å²) in [5.41, 5.74) is 5.48. The van der Waals surface area contributed by atoms with E-state index in [0.29, 0.717) is 18.1 Å². The molecule has 0 radical (unpaired) electrons. The van der Waals surface area contributed by atoms with E-state index in [-0.39, 0.29) is 4.90 Å². The molecule has 0 aromatic heterocycles. The van der Waals surface area contributed by atoms with Gasteiger partial charge in [-0.25, -0.2) is 17.2 Å². The van der Waals surface area contributed by atoms with Gasteiger partial charge >= 0.3 is 6.03 Å². The van der Waals surface area contributed by atoms with Crippen LogP contribution >= 0.6 is 0 Å². The summed E-state index contributed by atoms with van der Waals surface area (Å²) in [5.74, 6) is 0. The molecule has 5 nitrogen and oxygen atoms in total. The third-order valence-corrected chi connectivity index (χ3v) is 11.1. The number of hydrogen-bond donors (Lipinski definition) is 1. The number of urea groups is 1. The Hall–Kier alpha value is -2.12. The summed E-state index contributed by atoms with van der Waals surface area (Å²) in [6.45, 7) is 11.1. The summed E-state index contributed by atoms with van der Waals surface area (Å²) >= 11 is 0. The van der Waals surface area contributed by atoms with Crippen molar-refractivity contribution < 1.29 is 13.2 Å². The zero-order valence-electron chi connectivity index (χ0n) is 13.0. The van der Waals surface area contributed by atoms with E-state index in [9.17, 15) is 13.2 Å². The van der Waals surface area contributed by atoms with Gasteiger partial charge in [-0.2, -0.15) is 0 Å². The van der Waals surface area contributed by atoms with Crippen molar-refractivity contribution in [3.05, 3.63) is 68.3 Å². The maximum Gasteiger partial charge on any atom is 0.320 e. The molecule has 0 spiro atoms. The fourth-order valence-electron chi connectivity index (χ4n) is 2.61. The number of hydrogen-bond acceptors (Lipinski definition) is 3. The van der Waals surface area contributed by atoms with Gasteiger partial charge in [-0.3, -0.25) is 0 Å². The van der Waals surface area contributed by atoms with Crippen LogP contribution in [0.3, 0.4) is 0 Å². The standard InChI is InChI=1S/C16H22N2O3SSi/c1-4-12-23(13-5-2,14-6-3)18(16(17)19)22(20,21)15-10-8-7-9-11-15/h4-11H,1-3,12-14H2,(H2,17,19). The van der Waals surface area contributed by atoms with Crippen LogP contribution in [-0.2, 0) is 10.0 Å². The minimum atomic E-state index is -4.05. The van der Waals surface area contributed by atoms with Crippen LogP contribution < -0.4 is 5.73 Å². The molecule has 0 aliphatic rings. The molecule has 2 N–H and O–H groups in total. The normalized spacial score (nSPS) is 11.5. The Kier molecular flexibility index (Phi) is 6.53. The Morgan fingerprint density at radius 3 is 1.83 bits per heavy atom. The van der Waals surface area contributed by atoms with E-state index < -0.39 is 24.3 Å². The molecule has 1 aromatic rings. The Labute approximate surface area is 138 Å². The van der Waals surface area contributed by atoms with E-state index in [1.807, 2.05) is 0 Å². The fraction of sp³-hybridized carbons (Fsp3) is 0.188. The Morgan fingerprint density at radius 2 is 1.48 bits per heavy atom. The number of benzene rings is 1. The maximum atomic E-state index is 13.0. The largest absolute Gasteiger partial charge is 0.351 e. The number of carbonyl (C=O) groups is 1. The molecule has 124 valence electrons. The van der Waals surface area contributed by atoms with Crippen molar-refractivity contribution in [3.63, 3.8) is 0 Å². The lowest BCUT2D eigenvalue weighted by molar-refractivity contribution is 0.242. The molecular formula is C16H22N2O3SSi. The highest BCUT2D eigenvalue weighted by Gasteiger charge is 2.46. The molecule has 0 saturated heterocycles. The first-order valence-corrected chi connectivity index (χ1v) is 11.1. The summed E-state index contributed by atoms with van der Waals surface area (Å²) in [5, 5.41) is 0. The molecule has 0 atom stereocenters. The van der Waals surface area contributed by atoms with Crippen molar-refractivity contribution in [2.75, 3.05) is 0 Å². The molecule has 0 unspecified atom stereocenters. The average molecular weight is 351 g/mol. The third kappa shape index (κ3) is 3.99. The van der Waals surface area contributed by atoms with Crippen LogP contribution in [0.25, 0.3) is 0 Å². The van der Waals surface area contributed by atoms with Crippen LogP contribution in [0.15, 0.2) is 73.2 Å². The van der Waals surface area contributed by atoms with E-state index in [0.717, 1.165) is 3.97 Å². The molecule has 2 amide bonds. The third-order valence-electron chi connectivity index (χ3n) is 3.49. The Balaban J connectivity index is 3.58. The van der Waals surface area contributed by atoms with E-state index >= 15 is 0 Å². The van der Waals surface area contributed by atoms with E-state index in [1.165, 1.54) is 12.1 Å². The zero-order chi connectivity index (χ0) is 17.5. The van der Waals surface area contributed by atoms with E-state index in [2.05, 4.69) is 19.7 Å². The predicted octanol–water partition coefficient (Wildman–Crippen LogP) is 3.26. The second-order valence-electron chi connectivity index (χ2n) is 5.12. The van der Waals surface area contributed by atoms with E-state index in [1.54, 1.807) is 36.4 Å². The van der Waals surface area contributed by atoms with Crippen LogP contribution in [0.1, 0.15) is 0 Å². The Bertz CT molecular complexity index is 660. The second-order valence-corrected chi connectivity index (χ2v) is 11.4. The lowest BCUT2D eigenvalue weighted by Gasteiger charge is -2.38. The van der Waals surface area contributed by atoms with Crippen molar-refractivity contribution in [2.45, 2.75) is 23.0 Å². The first kappa shape index (κ1) is 18.9. The topological polar surface area (TPSA) is 80.5 Å². The molecule has 0 bridgehead atoms. The highest BCUT2D eigenvalue weighted by atomic mass is 32.2. The quantitative estimate of drug-likeness (QED) is 0.548. The molecule has 0 fully saturated rings. The summed E-state index contributed by atoms with van der Waals surface area (Å²) in [6.07, 6.45) is 4.86. The van der Waals surface area contributed by atoms with Gasteiger partial charge in [-0.05, 0) is 30.3 Å². The molecule has 23 heavy (non-hydrogen) atoms. The lowest BCUT2D eigenvalue weighted by atomic mass is 10.4. The van der Waals surface area contributed by atoms with Gasteiger partial charge in [0.05, 0.1) is 4.90 Å². The number of carbonyl (C=O) groups excluding carboxylic acids is 1. The molecule has 0 heterocycles. The number of amides is 2. The van der Waals surface area contributed by atoms with Crippen LogP contribution in [0.4, 0.5) is 4.79 Å². The maximum absolute atomic E-state index is 13.0. The number of nitrogens with zero attached hydrogens (tertiary/aromatic N) is 1. The fourth-order valence-corrected chi connectivity index (χ4v) is 9.66. The summed E-state index contributed by atoms with van der Waals surface area (Å²) in [4.78, 5) is 12.1. The number of primary amides is 1. The van der Waals surface area contributed by atoms with Gasteiger partial charge in [0.25, 0.3) is 10.0 Å². The Morgan fingerprint density at radius 1 is 1.04 bits per heavy atom. The molecule has 0 aliphatic carbocycles. The van der Waals surface area contributed by atoms with Crippen molar-refractivity contribution in [1.29, 1.82) is 0 Å². The zero-order valence-corrected chi connectivity index (χ0v) is 14.8. The minimum Gasteiger partial charge on any atom is -0.351 e. The van der Waals surface area contributed by atoms with Crippen molar-refractivity contribution in [1.82, 2.24) is 3.97 Å². The molecule has 7 heteroatoms. The van der Waals surface area contributed by atoms with E-state index in [4.69, 9.17) is 5.73 Å². The SMILES string of the molecule is C=CC[Si](CC=C)(CC=C)N(C(N)=O)S(=O)(=O)c1ccccc1. The predicted molar refractivity (Wildman–Crippen MR) is 95.8 cm³/mol. The van der Waals surface area contributed by atoms with Crippen LogP contribution in [-0.4, -0.2) is 26.7 Å². The monoisotopic (exact) mass is 350 g/mol. The molecule has 0 saturated carbocycles. The van der Waals surface area contributed by atoms with Crippen LogP contribution in [0, 0.1) is 0 Å². The van der Waals surface area contributed by atoms with Gasteiger partial charge < -0.3 is 5.73 Å². The average Bonchev–Trinajstić information content (AvgIpc) is 2.48. The number of sulfonamides is 1. The van der Waals surface area contributed by atoms with Crippen LogP contribution in [0.2, 0.25) is 18.1 Å². The molecule has 0 aliphatic heterocycles. The number of nitrogens with two attached hydrogens (primary N) is 1. The van der Waals surface area contributed by atoms with Gasteiger partial charge in [0.2, 0.25) is 0 Å². The molecule has 1 aromatic carbocycles. The van der Waals surface area contributed by atoms with Gasteiger partial charge in [-0.1, -0.05) is 36.4 Å². The highest BCUT2D eigenvalue weighted by molar-refractivity contribution is 7.91. The van der Waals surface area contributed by atoms with Gasteiger partial charge in [-0.15, -0.1) is 19.7 Å². The second kappa shape index (κ2) is 7.93. The first-order chi connectivity index (χ1) is 10.9. The first-order valence-electron chi connectivity index (χ1n) is 7.08. The molecule has 1 rings (SSSR count). The van der Waals surface area contributed by atoms with Crippen molar-refractivity contribution >= 4 is 24.3 Å². The lowest BCUT2D eigenvalue weighted by Crippen LogP contribution is -2.59. The minimum absolute atomic E-state index is 0.0351. The number of rotatable bonds is 9. The number of allylic oxidation sites excluding steroid dienone is 3. The molecular weight excluding hydrogens is 328 g/mol. The highest BCUT2D eigenvalue weighted by Crippen LogP contribution is 2.32. The van der Waals surface area contributed by atoms with Crippen molar-refractivity contribution in [3.8, 4) is 0 Å². The van der Waals surface area contributed by atoms with Gasteiger partial charge in [0.1, 0.15) is 0 Å². The van der Waals surface area contributed by atoms with Gasteiger partial charge in [0.15, 0.2) is 8.24 Å². The summed E-state index contributed by atoms with van der Waals surface area (Å²) in [7, 11) is -6.94. The van der Waals surface area contributed by atoms with Crippen molar-refractivity contribution in [2.24, 2.45) is 5.73 Å². The van der Waals surface area contributed by atoms with Crippen LogP contribution in [0.5, 0.6) is 0 Å². The van der Waals surface area contributed by atoms with Gasteiger partial charge in [0, 0.05) is 0 Å². The summed E-state index contributed by atoms with van der Waals surface area (Å²) < 4.78 is 26.9. The smallest absolute Gasteiger partial charge is 0.320 e.